The molecule has 0 bridgehead atoms. The van der Waals surface area contributed by atoms with Crippen LogP contribution in [0.25, 0.3) is 0 Å². The average molecular weight is 309 g/mol. The molecule has 1 aromatic carbocycles. The smallest absolute Gasteiger partial charge is 0.266 e. The van der Waals surface area contributed by atoms with Gasteiger partial charge in [0.05, 0.1) is 16.3 Å². The molecule has 0 aliphatic rings. The zero-order chi connectivity index (χ0) is 14.4. The Kier molecular flexibility index (Phi) is 5.09. The first-order valence-electron chi connectivity index (χ1n) is 5.86. The summed E-state index contributed by atoms with van der Waals surface area (Å²) in [5.41, 5.74) is 3.20. The van der Waals surface area contributed by atoms with Gasteiger partial charge in [0.15, 0.2) is 12.4 Å². The number of nitrogens with one attached hydrogen (secondary N) is 1. The lowest BCUT2D eigenvalue weighted by Crippen LogP contribution is -2.40. The van der Waals surface area contributed by atoms with Crippen molar-refractivity contribution in [1.29, 1.82) is 0 Å². The third-order valence-corrected chi connectivity index (χ3v) is 3.19. The minimum absolute atomic E-state index is 0.208. The molecule has 1 aromatic heterocycles. The third-order valence-electron chi connectivity index (χ3n) is 2.45. The summed E-state index contributed by atoms with van der Waals surface area (Å²) in [6.07, 6.45) is 5.13. The lowest BCUT2D eigenvalue weighted by atomic mass is 10.2. The second-order valence-corrected chi connectivity index (χ2v) is 4.83. The highest BCUT2D eigenvalue weighted by molar-refractivity contribution is 6.42. The Bertz CT molecular complexity index is 630. The van der Waals surface area contributed by atoms with E-state index in [1.807, 2.05) is 30.6 Å². The maximum absolute atomic E-state index is 11.6. The van der Waals surface area contributed by atoms with Gasteiger partial charge in [-0.25, -0.2) is 5.43 Å². The van der Waals surface area contributed by atoms with Crippen molar-refractivity contribution in [2.24, 2.45) is 5.10 Å². The predicted octanol–water partition coefficient (Wildman–Crippen LogP) is 2.43. The predicted molar refractivity (Wildman–Crippen MR) is 78.8 cm³/mol. The second kappa shape index (κ2) is 7.03. The van der Waals surface area contributed by atoms with E-state index in [2.05, 4.69) is 10.5 Å². The normalized spacial score (nSPS) is 10.7. The molecule has 2 aromatic rings. The molecular formula is C14H12Cl2N3O+. The molecule has 6 heteroatoms. The van der Waals surface area contributed by atoms with Gasteiger partial charge in [0, 0.05) is 12.1 Å². The highest BCUT2D eigenvalue weighted by Gasteiger charge is 2.06. The fraction of sp³-hybridized carbons (Fsp3) is 0.0714. The SMILES string of the molecule is O=C(C[n+]1ccccc1)N/N=C/c1ccc(Cl)c(Cl)c1. The number of pyridine rings is 1. The minimum Gasteiger partial charge on any atom is -0.266 e. The number of carbonyl (C=O) groups is 1. The van der Waals surface area contributed by atoms with Crippen LogP contribution in [0.5, 0.6) is 0 Å². The molecule has 0 saturated carbocycles. The molecule has 0 spiro atoms. The molecule has 4 nitrogen and oxygen atoms in total. The Labute approximate surface area is 126 Å². The van der Waals surface area contributed by atoms with Gasteiger partial charge in [-0.15, -0.1) is 0 Å². The van der Waals surface area contributed by atoms with Gasteiger partial charge in [-0.1, -0.05) is 35.3 Å². The van der Waals surface area contributed by atoms with Gasteiger partial charge >= 0.3 is 5.91 Å². The van der Waals surface area contributed by atoms with Crippen LogP contribution in [0.1, 0.15) is 5.56 Å². The number of nitrogens with zero attached hydrogens (tertiary/aromatic N) is 2. The topological polar surface area (TPSA) is 45.3 Å². The fourth-order valence-electron chi connectivity index (χ4n) is 1.51. The van der Waals surface area contributed by atoms with Crippen LogP contribution in [-0.4, -0.2) is 12.1 Å². The maximum atomic E-state index is 11.6. The maximum Gasteiger partial charge on any atom is 0.305 e. The van der Waals surface area contributed by atoms with Crippen molar-refractivity contribution in [2.75, 3.05) is 0 Å². The summed E-state index contributed by atoms with van der Waals surface area (Å²) < 4.78 is 1.75. The van der Waals surface area contributed by atoms with Gasteiger partial charge in [0.2, 0.25) is 6.54 Å². The fourth-order valence-corrected chi connectivity index (χ4v) is 1.82. The largest absolute Gasteiger partial charge is 0.305 e. The van der Waals surface area contributed by atoms with Crippen molar-refractivity contribution >= 4 is 35.3 Å². The van der Waals surface area contributed by atoms with Crippen LogP contribution in [0.2, 0.25) is 10.0 Å². The number of carbonyl (C=O) groups excluding carboxylic acids is 1. The number of rotatable bonds is 4. The molecule has 0 aliphatic heterocycles. The van der Waals surface area contributed by atoms with Crippen molar-refractivity contribution < 1.29 is 9.36 Å². The van der Waals surface area contributed by atoms with Gasteiger partial charge < -0.3 is 0 Å². The number of amides is 1. The summed E-state index contributed by atoms with van der Waals surface area (Å²) in [4.78, 5) is 11.6. The molecule has 20 heavy (non-hydrogen) atoms. The Morgan fingerprint density at radius 1 is 1.20 bits per heavy atom. The Hall–Kier alpha value is -1.91. The zero-order valence-corrected chi connectivity index (χ0v) is 12.0. The molecule has 0 atom stereocenters. The number of hydrazone groups is 1. The monoisotopic (exact) mass is 308 g/mol. The highest BCUT2D eigenvalue weighted by Crippen LogP contribution is 2.21. The van der Waals surface area contributed by atoms with Crippen LogP contribution in [0.3, 0.4) is 0 Å². The standard InChI is InChI=1S/C14H11Cl2N3O/c15-12-5-4-11(8-13(12)16)9-17-18-14(20)10-19-6-2-1-3-7-19/h1-9H,10H2/p+1/b17-9+. The lowest BCUT2D eigenvalue weighted by molar-refractivity contribution is -0.684. The Balaban J connectivity index is 1.89. The lowest BCUT2D eigenvalue weighted by Gasteiger charge is -1.98. The molecule has 0 aliphatic carbocycles. The first-order chi connectivity index (χ1) is 9.65. The number of hydrogen-bond acceptors (Lipinski definition) is 2. The van der Waals surface area contributed by atoms with E-state index >= 15 is 0 Å². The molecule has 2 rings (SSSR count). The zero-order valence-electron chi connectivity index (χ0n) is 10.5. The van der Waals surface area contributed by atoms with Crippen LogP contribution in [0.15, 0.2) is 53.9 Å². The molecule has 1 heterocycles. The van der Waals surface area contributed by atoms with Crippen molar-refractivity contribution in [2.45, 2.75) is 6.54 Å². The third kappa shape index (κ3) is 4.33. The number of hydrogen-bond donors (Lipinski definition) is 1. The van der Waals surface area contributed by atoms with E-state index in [0.717, 1.165) is 5.56 Å². The van der Waals surface area contributed by atoms with E-state index in [1.54, 1.807) is 22.8 Å². The molecule has 0 unspecified atom stereocenters. The summed E-state index contributed by atoms with van der Waals surface area (Å²) in [5, 5.41) is 4.79. The van der Waals surface area contributed by atoms with E-state index < -0.39 is 0 Å². The molecule has 0 radical (unpaired) electrons. The van der Waals surface area contributed by atoms with E-state index in [0.29, 0.717) is 10.0 Å². The molecule has 1 N–H and O–H groups in total. The number of benzene rings is 1. The summed E-state index contributed by atoms with van der Waals surface area (Å²) >= 11 is 11.7. The molecule has 0 fully saturated rings. The van der Waals surface area contributed by atoms with Crippen molar-refractivity contribution in [3.63, 3.8) is 0 Å². The molecule has 1 amide bonds. The highest BCUT2D eigenvalue weighted by atomic mass is 35.5. The van der Waals surface area contributed by atoms with Crippen LogP contribution in [0, 0.1) is 0 Å². The molecule has 0 saturated heterocycles. The Morgan fingerprint density at radius 3 is 2.65 bits per heavy atom. The summed E-state index contributed by atoms with van der Waals surface area (Å²) in [6.45, 7) is 0.208. The summed E-state index contributed by atoms with van der Waals surface area (Å²) in [7, 11) is 0. The van der Waals surface area contributed by atoms with Gasteiger partial charge in [-0.3, -0.25) is 4.79 Å². The average Bonchev–Trinajstić information content (AvgIpc) is 2.44. The van der Waals surface area contributed by atoms with Crippen molar-refractivity contribution in [1.82, 2.24) is 5.43 Å². The van der Waals surface area contributed by atoms with Crippen molar-refractivity contribution in [3.05, 3.63) is 64.4 Å². The van der Waals surface area contributed by atoms with E-state index in [1.165, 1.54) is 6.21 Å². The summed E-state index contributed by atoms with van der Waals surface area (Å²) in [6, 6.07) is 10.7. The minimum atomic E-state index is -0.211. The van der Waals surface area contributed by atoms with Crippen molar-refractivity contribution in [3.8, 4) is 0 Å². The van der Waals surface area contributed by atoms with E-state index in [9.17, 15) is 4.79 Å². The molecule has 102 valence electrons. The number of aromatic nitrogens is 1. The van der Waals surface area contributed by atoms with Crippen LogP contribution in [-0.2, 0) is 11.3 Å². The Morgan fingerprint density at radius 2 is 1.95 bits per heavy atom. The van der Waals surface area contributed by atoms with Gasteiger partial charge in [0.1, 0.15) is 0 Å². The van der Waals surface area contributed by atoms with Crippen LogP contribution >= 0.6 is 23.2 Å². The quantitative estimate of drug-likeness (QED) is 0.526. The first kappa shape index (κ1) is 14.5. The number of halogens is 2. The first-order valence-corrected chi connectivity index (χ1v) is 6.62. The van der Waals surface area contributed by atoms with Crippen LogP contribution in [0.4, 0.5) is 0 Å². The summed E-state index contributed by atoms with van der Waals surface area (Å²) in [5.74, 6) is -0.211. The van der Waals surface area contributed by atoms with Gasteiger partial charge in [-0.05, 0) is 17.7 Å². The van der Waals surface area contributed by atoms with E-state index in [4.69, 9.17) is 23.2 Å². The van der Waals surface area contributed by atoms with Gasteiger partial charge in [0.25, 0.3) is 0 Å². The van der Waals surface area contributed by atoms with Crippen LogP contribution < -0.4 is 9.99 Å². The molecular weight excluding hydrogens is 297 g/mol. The van der Waals surface area contributed by atoms with E-state index in [-0.39, 0.29) is 12.5 Å². The second-order valence-electron chi connectivity index (χ2n) is 4.01. The van der Waals surface area contributed by atoms with Gasteiger partial charge in [-0.2, -0.15) is 9.67 Å².